The summed E-state index contributed by atoms with van der Waals surface area (Å²) in [6.07, 6.45) is 0.843. The fourth-order valence-electron chi connectivity index (χ4n) is 2.31. The number of benzene rings is 1. The predicted molar refractivity (Wildman–Crippen MR) is 90.3 cm³/mol. The number of hydrogen-bond acceptors (Lipinski definition) is 4. The maximum Gasteiger partial charge on any atom is 0.252 e. The SMILES string of the molecule is Cl.O=S(=O)(c1cc2cc(Cl)ccc2s1)N1CCCNCC1. The number of sulfonamides is 1. The normalized spacial score (nSPS) is 17.4. The average molecular weight is 367 g/mol. The molecule has 1 fully saturated rings. The third-order valence-corrected chi connectivity index (χ3v) is 7.05. The molecule has 1 aliphatic heterocycles. The third kappa shape index (κ3) is 3.52. The van der Waals surface area contributed by atoms with Gasteiger partial charge in [-0.15, -0.1) is 23.7 Å². The van der Waals surface area contributed by atoms with Gasteiger partial charge in [0.1, 0.15) is 4.21 Å². The van der Waals surface area contributed by atoms with Crippen molar-refractivity contribution < 1.29 is 8.42 Å². The van der Waals surface area contributed by atoms with Crippen molar-refractivity contribution >= 4 is 55.5 Å². The number of halogens is 2. The van der Waals surface area contributed by atoms with E-state index in [1.165, 1.54) is 11.3 Å². The highest BCUT2D eigenvalue weighted by Crippen LogP contribution is 2.32. The average Bonchev–Trinajstić information content (AvgIpc) is 2.65. The van der Waals surface area contributed by atoms with Crippen molar-refractivity contribution in [2.45, 2.75) is 10.6 Å². The lowest BCUT2D eigenvalue weighted by Crippen LogP contribution is -2.33. The van der Waals surface area contributed by atoms with Gasteiger partial charge in [0.25, 0.3) is 10.0 Å². The molecule has 21 heavy (non-hydrogen) atoms. The van der Waals surface area contributed by atoms with E-state index in [-0.39, 0.29) is 12.4 Å². The molecule has 1 aromatic carbocycles. The predicted octanol–water partition coefficient (Wildman–Crippen LogP) is 2.96. The fraction of sp³-hybridized carbons (Fsp3) is 0.385. The molecule has 8 heteroatoms. The van der Waals surface area contributed by atoms with E-state index >= 15 is 0 Å². The monoisotopic (exact) mass is 366 g/mol. The number of fused-ring (bicyclic) bond motifs is 1. The van der Waals surface area contributed by atoms with Crippen molar-refractivity contribution in [3.05, 3.63) is 29.3 Å². The van der Waals surface area contributed by atoms with Crippen LogP contribution in [0.5, 0.6) is 0 Å². The lowest BCUT2D eigenvalue weighted by molar-refractivity contribution is 0.433. The van der Waals surface area contributed by atoms with E-state index in [1.807, 2.05) is 6.07 Å². The van der Waals surface area contributed by atoms with Crippen LogP contribution < -0.4 is 5.32 Å². The van der Waals surface area contributed by atoms with E-state index in [0.29, 0.717) is 28.9 Å². The summed E-state index contributed by atoms with van der Waals surface area (Å²) >= 11 is 7.25. The molecule has 1 aliphatic rings. The van der Waals surface area contributed by atoms with E-state index in [1.54, 1.807) is 22.5 Å². The van der Waals surface area contributed by atoms with E-state index in [2.05, 4.69) is 5.32 Å². The van der Waals surface area contributed by atoms with Gasteiger partial charge in [-0.05, 0) is 42.6 Å². The summed E-state index contributed by atoms with van der Waals surface area (Å²) in [7, 11) is -3.39. The van der Waals surface area contributed by atoms with Gasteiger partial charge in [0.2, 0.25) is 0 Å². The zero-order chi connectivity index (χ0) is 14.2. The van der Waals surface area contributed by atoms with Gasteiger partial charge in [0, 0.05) is 29.4 Å². The molecule has 1 N–H and O–H groups in total. The first kappa shape index (κ1) is 17.0. The molecule has 3 rings (SSSR count). The summed E-state index contributed by atoms with van der Waals surface area (Å²) < 4.78 is 28.3. The van der Waals surface area contributed by atoms with Crippen LogP contribution in [0.2, 0.25) is 5.02 Å². The van der Waals surface area contributed by atoms with Crippen molar-refractivity contribution in [3.63, 3.8) is 0 Å². The minimum atomic E-state index is -3.39. The second kappa shape index (κ2) is 6.81. The molecular formula is C13H16Cl2N2O2S2. The fourth-order valence-corrected chi connectivity index (χ4v) is 5.50. The highest BCUT2D eigenvalue weighted by atomic mass is 35.5. The first-order chi connectivity index (χ1) is 9.57. The summed E-state index contributed by atoms with van der Waals surface area (Å²) in [5.41, 5.74) is 0. The molecule has 0 radical (unpaired) electrons. The Balaban J connectivity index is 0.00000161. The second-order valence-corrected chi connectivity index (χ2v) is 8.44. The van der Waals surface area contributed by atoms with Crippen molar-refractivity contribution in [2.24, 2.45) is 0 Å². The maximum atomic E-state index is 12.7. The molecule has 0 bridgehead atoms. The first-order valence-corrected chi connectivity index (χ1v) is 9.11. The van der Waals surface area contributed by atoms with Crippen molar-refractivity contribution in [2.75, 3.05) is 26.2 Å². The van der Waals surface area contributed by atoms with Crippen LogP contribution in [0.15, 0.2) is 28.5 Å². The lowest BCUT2D eigenvalue weighted by atomic mass is 10.3. The van der Waals surface area contributed by atoms with Gasteiger partial charge in [0.15, 0.2) is 0 Å². The molecule has 0 amide bonds. The van der Waals surface area contributed by atoms with Crippen LogP contribution in [-0.2, 0) is 10.0 Å². The molecular weight excluding hydrogens is 351 g/mol. The quantitative estimate of drug-likeness (QED) is 0.888. The van der Waals surface area contributed by atoms with Crippen molar-refractivity contribution in [1.82, 2.24) is 9.62 Å². The molecule has 2 heterocycles. The zero-order valence-corrected chi connectivity index (χ0v) is 14.4. The molecule has 116 valence electrons. The van der Waals surface area contributed by atoms with Crippen LogP contribution in [0.1, 0.15) is 6.42 Å². The number of rotatable bonds is 2. The third-order valence-electron chi connectivity index (χ3n) is 3.35. The highest BCUT2D eigenvalue weighted by Gasteiger charge is 2.26. The van der Waals surface area contributed by atoms with E-state index in [4.69, 9.17) is 11.6 Å². The summed E-state index contributed by atoms with van der Waals surface area (Å²) in [6.45, 7) is 2.67. The van der Waals surface area contributed by atoms with E-state index in [9.17, 15) is 8.42 Å². The largest absolute Gasteiger partial charge is 0.315 e. The van der Waals surface area contributed by atoms with Crippen LogP contribution in [-0.4, -0.2) is 38.9 Å². The topological polar surface area (TPSA) is 49.4 Å². The Morgan fingerprint density at radius 3 is 2.81 bits per heavy atom. The Hall–Kier alpha value is -0.370. The van der Waals surface area contributed by atoms with Gasteiger partial charge in [0.05, 0.1) is 0 Å². The number of nitrogens with one attached hydrogen (secondary N) is 1. The van der Waals surface area contributed by atoms with Gasteiger partial charge >= 0.3 is 0 Å². The Bertz CT molecular complexity index is 723. The van der Waals surface area contributed by atoms with Gasteiger partial charge < -0.3 is 5.32 Å². The van der Waals surface area contributed by atoms with Crippen molar-refractivity contribution in [3.8, 4) is 0 Å². The van der Waals surface area contributed by atoms with Gasteiger partial charge in [-0.25, -0.2) is 8.42 Å². The number of hydrogen-bond donors (Lipinski definition) is 1. The lowest BCUT2D eigenvalue weighted by Gasteiger charge is -2.18. The Labute approximate surface area is 139 Å². The van der Waals surface area contributed by atoms with Gasteiger partial charge in [-0.3, -0.25) is 0 Å². The summed E-state index contributed by atoms with van der Waals surface area (Å²) in [5.74, 6) is 0. The van der Waals surface area contributed by atoms with E-state index < -0.39 is 10.0 Å². The smallest absolute Gasteiger partial charge is 0.252 e. The number of thiophene rings is 1. The molecule has 1 saturated heterocycles. The van der Waals surface area contributed by atoms with Gasteiger partial charge in [-0.2, -0.15) is 4.31 Å². The highest BCUT2D eigenvalue weighted by molar-refractivity contribution is 7.91. The summed E-state index contributed by atoms with van der Waals surface area (Å²) in [4.78, 5) is 0. The maximum absolute atomic E-state index is 12.7. The molecule has 2 aromatic rings. The Morgan fingerprint density at radius 2 is 2.00 bits per heavy atom. The summed E-state index contributed by atoms with van der Waals surface area (Å²) in [6, 6.07) is 7.17. The summed E-state index contributed by atoms with van der Waals surface area (Å²) in [5, 5.41) is 4.72. The van der Waals surface area contributed by atoms with E-state index in [0.717, 1.165) is 23.1 Å². The van der Waals surface area contributed by atoms with Crippen LogP contribution in [0, 0.1) is 0 Å². The first-order valence-electron chi connectivity index (χ1n) is 6.47. The minimum Gasteiger partial charge on any atom is -0.315 e. The van der Waals surface area contributed by atoms with Gasteiger partial charge in [-0.1, -0.05) is 11.6 Å². The minimum absolute atomic E-state index is 0. The Morgan fingerprint density at radius 1 is 1.19 bits per heavy atom. The Kier molecular flexibility index (Phi) is 5.51. The molecule has 0 saturated carbocycles. The molecule has 0 unspecified atom stereocenters. The van der Waals surface area contributed by atoms with Crippen LogP contribution in [0.25, 0.3) is 10.1 Å². The molecule has 0 atom stereocenters. The van der Waals surface area contributed by atoms with Crippen LogP contribution in [0.4, 0.5) is 0 Å². The second-order valence-electron chi connectivity index (χ2n) is 4.76. The molecule has 0 spiro atoms. The zero-order valence-electron chi connectivity index (χ0n) is 11.2. The number of nitrogens with zero attached hydrogens (tertiary/aromatic N) is 1. The van der Waals surface area contributed by atoms with Crippen LogP contribution >= 0.6 is 35.3 Å². The molecule has 1 aromatic heterocycles. The molecule has 0 aliphatic carbocycles. The standard InChI is InChI=1S/C13H15ClN2O2S2.ClH/c14-11-2-3-12-10(8-11)9-13(19-12)20(17,18)16-6-1-4-15-5-7-16;/h2-3,8-9,15H,1,4-7H2;1H. The molecule has 4 nitrogen and oxygen atoms in total. The van der Waals surface area contributed by atoms with Crippen molar-refractivity contribution in [1.29, 1.82) is 0 Å². The van der Waals surface area contributed by atoms with Crippen LogP contribution in [0.3, 0.4) is 0 Å².